The third-order valence-electron chi connectivity index (χ3n) is 4.37. The smallest absolute Gasteiger partial charge is 0.264 e. The number of amides is 1. The Morgan fingerprint density at radius 2 is 1.57 bits per heavy atom. The Kier molecular flexibility index (Phi) is 6.79. The van der Waals surface area contributed by atoms with Gasteiger partial charge >= 0.3 is 0 Å². The maximum atomic E-state index is 12.6. The summed E-state index contributed by atoms with van der Waals surface area (Å²) in [5.41, 5.74) is 3.08. The Morgan fingerprint density at radius 3 is 2.20 bits per heavy atom. The molecule has 0 radical (unpaired) electrons. The van der Waals surface area contributed by atoms with Gasteiger partial charge in [0.25, 0.3) is 10.0 Å². The molecule has 156 valence electrons. The highest BCUT2D eigenvalue weighted by molar-refractivity contribution is 7.92. The van der Waals surface area contributed by atoms with E-state index in [0.717, 1.165) is 12.8 Å². The van der Waals surface area contributed by atoms with Gasteiger partial charge in [-0.25, -0.2) is 23.1 Å². The van der Waals surface area contributed by atoms with E-state index in [1.165, 1.54) is 17.7 Å². The number of aromatic nitrogens is 2. The van der Waals surface area contributed by atoms with E-state index in [0.29, 0.717) is 23.5 Å². The van der Waals surface area contributed by atoms with Gasteiger partial charge in [-0.15, -0.1) is 0 Å². The maximum Gasteiger partial charge on any atom is 0.264 e. The molecule has 0 aliphatic rings. The average Bonchev–Trinajstić information content (AvgIpc) is 2.68. The van der Waals surface area contributed by atoms with Gasteiger partial charge in [-0.1, -0.05) is 30.3 Å². The van der Waals surface area contributed by atoms with E-state index < -0.39 is 10.0 Å². The van der Waals surface area contributed by atoms with Gasteiger partial charge in [0.2, 0.25) is 11.9 Å². The number of carbonyl (C=O) groups excluding carboxylic acids is 1. The van der Waals surface area contributed by atoms with Crippen LogP contribution in [0.25, 0.3) is 0 Å². The molecule has 2 aromatic carbocycles. The van der Waals surface area contributed by atoms with Crippen LogP contribution in [-0.2, 0) is 21.2 Å². The number of aryl methyl sites for hydroxylation is 3. The molecule has 0 unspecified atom stereocenters. The van der Waals surface area contributed by atoms with Gasteiger partial charge < -0.3 is 5.32 Å². The van der Waals surface area contributed by atoms with E-state index in [4.69, 9.17) is 0 Å². The zero-order valence-corrected chi connectivity index (χ0v) is 17.7. The average molecular weight is 425 g/mol. The predicted octanol–water partition coefficient (Wildman–Crippen LogP) is 3.86. The molecule has 0 aliphatic carbocycles. The van der Waals surface area contributed by atoms with Crippen molar-refractivity contribution in [3.8, 4) is 0 Å². The van der Waals surface area contributed by atoms with Gasteiger partial charge in [0.1, 0.15) is 0 Å². The summed E-state index contributed by atoms with van der Waals surface area (Å²) in [7, 11) is -3.82. The fourth-order valence-electron chi connectivity index (χ4n) is 2.99. The number of carbonyl (C=O) groups is 1. The second kappa shape index (κ2) is 9.49. The molecule has 0 spiro atoms. The molecule has 0 atom stereocenters. The summed E-state index contributed by atoms with van der Waals surface area (Å²) < 4.78 is 27.5. The topological polar surface area (TPSA) is 101 Å². The molecule has 1 amide bonds. The summed E-state index contributed by atoms with van der Waals surface area (Å²) in [4.78, 5) is 20.4. The van der Waals surface area contributed by atoms with Crippen molar-refractivity contribution in [3.63, 3.8) is 0 Å². The summed E-state index contributed by atoms with van der Waals surface area (Å²) in [6.45, 7) is 3.54. The second-order valence-corrected chi connectivity index (χ2v) is 8.67. The Labute approximate surface area is 176 Å². The highest BCUT2D eigenvalue weighted by atomic mass is 32.2. The first-order valence-corrected chi connectivity index (χ1v) is 11.1. The zero-order chi connectivity index (χ0) is 21.6. The van der Waals surface area contributed by atoms with Crippen LogP contribution in [-0.4, -0.2) is 24.3 Å². The number of nitrogens with zero attached hydrogens (tertiary/aromatic N) is 2. The number of benzene rings is 2. The maximum absolute atomic E-state index is 12.6. The Bertz CT molecular complexity index is 1090. The Morgan fingerprint density at radius 1 is 0.933 bits per heavy atom. The minimum atomic E-state index is -3.82. The molecule has 8 heteroatoms. The van der Waals surface area contributed by atoms with Crippen molar-refractivity contribution in [2.75, 3.05) is 10.0 Å². The first kappa shape index (κ1) is 21.4. The zero-order valence-electron chi connectivity index (χ0n) is 16.9. The summed E-state index contributed by atoms with van der Waals surface area (Å²) in [5.74, 6) is -0.0772. The van der Waals surface area contributed by atoms with Gasteiger partial charge in [0.05, 0.1) is 4.90 Å². The van der Waals surface area contributed by atoms with E-state index in [9.17, 15) is 13.2 Å². The van der Waals surface area contributed by atoms with Crippen LogP contribution < -0.4 is 10.0 Å². The molecule has 3 aromatic rings. The van der Waals surface area contributed by atoms with Crippen LogP contribution in [0.15, 0.2) is 65.6 Å². The quantitative estimate of drug-likeness (QED) is 0.572. The van der Waals surface area contributed by atoms with Gasteiger partial charge in [-0.3, -0.25) is 4.79 Å². The third-order valence-corrected chi connectivity index (χ3v) is 5.71. The molecule has 7 nitrogen and oxygen atoms in total. The lowest BCUT2D eigenvalue weighted by Gasteiger charge is -2.09. The Balaban J connectivity index is 1.56. The van der Waals surface area contributed by atoms with E-state index in [-0.39, 0.29) is 16.8 Å². The van der Waals surface area contributed by atoms with E-state index in [2.05, 4.69) is 20.0 Å². The van der Waals surface area contributed by atoms with Gasteiger partial charge in [-0.2, -0.15) is 0 Å². The van der Waals surface area contributed by atoms with Crippen molar-refractivity contribution in [2.45, 2.75) is 38.0 Å². The predicted molar refractivity (Wildman–Crippen MR) is 117 cm³/mol. The summed E-state index contributed by atoms with van der Waals surface area (Å²) >= 11 is 0. The largest absolute Gasteiger partial charge is 0.326 e. The number of hydrogen-bond acceptors (Lipinski definition) is 5. The lowest BCUT2D eigenvalue weighted by molar-refractivity contribution is -0.116. The second-order valence-electron chi connectivity index (χ2n) is 6.99. The first-order valence-electron chi connectivity index (χ1n) is 9.61. The van der Waals surface area contributed by atoms with Crippen LogP contribution in [0.1, 0.15) is 29.8 Å². The fraction of sp³-hybridized carbons (Fsp3) is 0.227. The van der Waals surface area contributed by atoms with Crippen LogP contribution >= 0.6 is 0 Å². The number of sulfonamides is 1. The van der Waals surface area contributed by atoms with Gasteiger partial charge in [0, 0.05) is 23.5 Å². The molecule has 0 saturated carbocycles. The summed E-state index contributed by atoms with van der Waals surface area (Å²) in [6.07, 6.45) is 1.96. The van der Waals surface area contributed by atoms with Crippen molar-refractivity contribution in [1.82, 2.24) is 9.97 Å². The molecule has 2 N–H and O–H groups in total. The molecule has 0 bridgehead atoms. The number of rotatable bonds is 8. The number of anilines is 2. The molecular weight excluding hydrogens is 400 g/mol. The minimum absolute atomic E-state index is 0.0308. The molecule has 0 saturated heterocycles. The molecule has 30 heavy (non-hydrogen) atoms. The molecular formula is C22H24N4O3S. The SMILES string of the molecule is Cc1cc(C)nc(NS(=O)(=O)c2ccc(NC(=O)CCCc3ccccc3)cc2)n1. The monoisotopic (exact) mass is 424 g/mol. The summed E-state index contributed by atoms with van der Waals surface area (Å²) in [5, 5.41) is 2.79. The van der Waals surface area contributed by atoms with Crippen LogP contribution in [0.3, 0.4) is 0 Å². The molecule has 1 heterocycles. The molecule has 0 fully saturated rings. The van der Waals surface area contributed by atoms with Crippen LogP contribution in [0.4, 0.5) is 11.6 Å². The van der Waals surface area contributed by atoms with E-state index in [1.54, 1.807) is 32.0 Å². The van der Waals surface area contributed by atoms with Crippen LogP contribution in [0.2, 0.25) is 0 Å². The van der Waals surface area contributed by atoms with Crippen LogP contribution in [0.5, 0.6) is 0 Å². The molecule has 1 aromatic heterocycles. The molecule has 3 rings (SSSR count). The highest BCUT2D eigenvalue weighted by Gasteiger charge is 2.16. The molecule has 0 aliphatic heterocycles. The normalized spacial score (nSPS) is 11.1. The van der Waals surface area contributed by atoms with Crippen molar-refractivity contribution >= 4 is 27.6 Å². The number of hydrogen-bond donors (Lipinski definition) is 2. The standard InChI is InChI=1S/C22H24N4O3S/c1-16-15-17(2)24-22(23-16)26-30(28,29)20-13-11-19(12-14-20)25-21(27)10-6-9-18-7-4-3-5-8-18/h3-5,7-8,11-15H,6,9-10H2,1-2H3,(H,25,27)(H,23,24,26). The number of nitrogens with one attached hydrogen (secondary N) is 2. The minimum Gasteiger partial charge on any atom is -0.326 e. The highest BCUT2D eigenvalue weighted by Crippen LogP contribution is 2.17. The van der Waals surface area contributed by atoms with Gasteiger partial charge in [-0.05, 0) is 62.6 Å². The fourth-order valence-corrected chi connectivity index (χ4v) is 3.93. The van der Waals surface area contributed by atoms with Crippen LogP contribution in [0, 0.1) is 13.8 Å². The van der Waals surface area contributed by atoms with Crippen molar-refractivity contribution in [3.05, 3.63) is 77.6 Å². The third kappa shape index (κ3) is 6.12. The van der Waals surface area contributed by atoms with Crippen molar-refractivity contribution in [1.29, 1.82) is 0 Å². The van der Waals surface area contributed by atoms with Crippen molar-refractivity contribution in [2.24, 2.45) is 0 Å². The van der Waals surface area contributed by atoms with E-state index >= 15 is 0 Å². The van der Waals surface area contributed by atoms with Gasteiger partial charge in [0.15, 0.2) is 0 Å². The first-order chi connectivity index (χ1) is 14.3. The van der Waals surface area contributed by atoms with E-state index in [1.807, 2.05) is 30.3 Å². The summed E-state index contributed by atoms with van der Waals surface area (Å²) in [6, 6.07) is 17.7. The lowest BCUT2D eigenvalue weighted by Crippen LogP contribution is -2.16. The van der Waals surface area contributed by atoms with Crippen molar-refractivity contribution < 1.29 is 13.2 Å². The lowest BCUT2D eigenvalue weighted by atomic mass is 10.1. The Hall–Kier alpha value is -3.26.